The number of anilines is 1. The quantitative estimate of drug-likeness (QED) is 0.813. The molecule has 0 aromatic heterocycles. The Morgan fingerprint density at radius 3 is 2.04 bits per heavy atom. The van der Waals surface area contributed by atoms with Crippen molar-refractivity contribution in [3.8, 4) is 0 Å². The predicted octanol–water partition coefficient (Wildman–Crippen LogP) is 1.32. The summed E-state index contributed by atoms with van der Waals surface area (Å²) >= 11 is 0. The van der Waals surface area contributed by atoms with Crippen LogP contribution in [0.3, 0.4) is 0 Å². The van der Waals surface area contributed by atoms with Crippen LogP contribution < -0.4 is 11.1 Å². The lowest BCUT2D eigenvalue weighted by molar-refractivity contribution is -0.117. The third-order valence-corrected chi connectivity index (χ3v) is 4.57. The summed E-state index contributed by atoms with van der Waals surface area (Å²) < 4.78 is 13.0. The first-order chi connectivity index (χ1) is 13.4. The molecule has 1 aliphatic heterocycles. The van der Waals surface area contributed by atoms with E-state index < -0.39 is 5.91 Å². The molecule has 146 valence electrons. The highest BCUT2D eigenvalue weighted by Gasteiger charge is 2.23. The van der Waals surface area contributed by atoms with Gasteiger partial charge in [-0.15, -0.1) is 0 Å². The second-order valence-electron chi connectivity index (χ2n) is 6.57. The fraction of sp³-hybridized carbons (Fsp3) is 0.250. The number of rotatable bonds is 5. The number of nitrogens with zero attached hydrogens (tertiary/aromatic N) is 2. The van der Waals surface area contributed by atoms with Gasteiger partial charge < -0.3 is 16.0 Å². The Balaban J connectivity index is 1.47. The number of nitrogens with two attached hydrogens (primary N) is 1. The Morgan fingerprint density at radius 2 is 1.46 bits per heavy atom. The van der Waals surface area contributed by atoms with Crippen molar-refractivity contribution in [1.82, 2.24) is 9.80 Å². The largest absolute Gasteiger partial charge is 0.366 e. The van der Waals surface area contributed by atoms with Crippen LogP contribution in [-0.4, -0.2) is 60.2 Å². The van der Waals surface area contributed by atoms with E-state index in [1.54, 1.807) is 29.2 Å². The number of piperazine rings is 1. The summed E-state index contributed by atoms with van der Waals surface area (Å²) in [5, 5.41) is 2.77. The van der Waals surface area contributed by atoms with E-state index in [2.05, 4.69) is 5.32 Å². The van der Waals surface area contributed by atoms with Crippen LogP contribution in [0.5, 0.6) is 0 Å². The predicted molar refractivity (Wildman–Crippen MR) is 102 cm³/mol. The van der Waals surface area contributed by atoms with Gasteiger partial charge in [-0.1, -0.05) is 0 Å². The monoisotopic (exact) mass is 384 g/mol. The molecular formula is C20H21FN4O3. The summed E-state index contributed by atoms with van der Waals surface area (Å²) in [7, 11) is 0. The van der Waals surface area contributed by atoms with Gasteiger partial charge in [-0.05, 0) is 48.5 Å². The fourth-order valence-corrected chi connectivity index (χ4v) is 3.01. The van der Waals surface area contributed by atoms with E-state index in [1.807, 2.05) is 4.90 Å². The molecule has 7 nitrogen and oxygen atoms in total. The summed E-state index contributed by atoms with van der Waals surface area (Å²) in [4.78, 5) is 39.4. The highest BCUT2D eigenvalue weighted by Crippen LogP contribution is 2.12. The molecule has 0 saturated carbocycles. The molecule has 0 atom stereocenters. The third kappa shape index (κ3) is 4.92. The lowest BCUT2D eigenvalue weighted by Crippen LogP contribution is -2.50. The van der Waals surface area contributed by atoms with E-state index in [9.17, 15) is 18.8 Å². The molecule has 0 unspecified atom stereocenters. The number of hydrogen-bond acceptors (Lipinski definition) is 4. The normalized spacial score (nSPS) is 14.5. The van der Waals surface area contributed by atoms with Crippen molar-refractivity contribution >= 4 is 23.4 Å². The highest BCUT2D eigenvalue weighted by molar-refractivity contribution is 5.95. The molecule has 1 fully saturated rings. The van der Waals surface area contributed by atoms with Crippen molar-refractivity contribution in [2.24, 2.45) is 5.73 Å². The molecule has 0 radical (unpaired) electrons. The van der Waals surface area contributed by atoms with Crippen molar-refractivity contribution in [2.75, 3.05) is 38.0 Å². The number of carbonyl (C=O) groups is 3. The van der Waals surface area contributed by atoms with E-state index in [4.69, 9.17) is 5.73 Å². The number of benzene rings is 2. The molecule has 3 rings (SSSR count). The standard InChI is InChI=1S/C20H21FN4O3/c21-16-5-1-15(2-6-16)20(28)25-11-9-24(10-12-25)13-18(26)23-17-7-3-14(4-8-17)19(22)27/h1-8H,9-13H2,(H2,22,27)(H,23,26). The van der Waals surface area contributed by atoms with Gasteiger partial charge in [0.1, 0.15) is 5.82 Å². The lowest BCUT2D eigenvalue weighted by Gasteiger charge is -2.34. The molecule has 0 aliphatic carbocycles. The highest BCUT2D eigenvalue weighted by atomic mass is 19.1. The molecule has 1 saturated heterocycles. The molecule has 8 heteroatoms. The average molecular weight is 384 g/mol. The Hall–Kier alpha value is -3.26. The van der Waals surface area contributed by atoms with E-state index in [-0.39, 0.29) is 24.2 Å². The zero-order valence-electron chi connectivity index (χ0n) is 15.2. The molecule has 0 spiro atoms. The van der Waals surface area contributed by atoms with Gasteiger partial charge in [-0.3, -0.25) is 19.3 Å². The van der Waals surface area contributed by atoms with Crippen molar-refractivity contribution in [3.63, 3.8) is 0 Å². The SMILES string of the molecule is NC(=O)c1ccc(NC(=O)CN2CCN(C(=O)c3ccc(F)cc3)CC2)cc1. The second-order valence-corrected chi connectivity index (χ2v) is 6.57. The van der Waals surface area contributed by atoms with Crippen LogP contribution in [0.4, 0.5) is 10.1 Å². The summed E-state index contributed by atoms with van der Waals surface area (Å²) in [6, 6.07) is 11.8. The molecule has 1 aliphatic rings. The Kier molecular flexibility index (Phi) is 6.00. The number of nitrogens with one attached hydrogen (secondary N) is 1. The minimum atomic E-state index is -0.522. The van der Waals surface area contributed by atoms with Gasteiger partial charge >= 0.3 is 0 Å². The van der Waals surface area contributed by atoms with E-state index in [0.29, 0.717) is 43.0 Å². The van der Waals surface area contributed by atoms with E-state index in [0.717, 1.165) is 0 Å². The van der Waals surface area contributed by atoms with Crippen LogP contribution in [0.1, 0.15) is 20.7 Å². The number of amides is 3. The Morgan fingerprint density at radius 1 is 0.893 bits per heavy atom. The number of carbonyl (C=O) groups excluding carboxylic acids is 3. The number of halogens is 1. The molecule has 3 N–H and O–H groups in total. The van der Waals surface area contributed by atoms with Crippen LogP contribution in [0.25, 0.3) is 0 Å². The Bertz CT molecular complexity index is 860. The molecule has 2 aromatic rings. The third-order valence-electron chi connectivity index (χ3n) is 4.57. The van der Waals surface area contributed by atoms with Gasteiger partial charge in [-0.25, -0.2) is 4.39 Å². The summed E-state index contributed by atoms with van der Waals surface area (Å²) in [6.45, 7) is 2.34. The Labute approximate surface area is 161 Å². The van der Waals surface area contributed by atoms with Crippen LogP contribution in [-0.2, 0) is 4.79 Å². The molecule has 0 bridgehead atoms. The van der Waals surface area contributed by atoms with Crippen molar-refractivity contribution < 1.29 is 18.8 Å². The van der Waals surface area contributed by atoms with Gasteiger partial charge in [0.2, 0.25) is 11.8 Å². The number of primary amides is 1. The van der Waals surface area contributed by atoms with Crippen LogP contribution in [0.15, 0.2) is 48.5 Å². The van der Waals surface area contributed by atoms with Gasteiger partial charge in [-0.2, -0.15) is 0 Å². The summed E-state index contributed by atoms with van der Waals surface area (Å²) in [5.41, 5.74) is 6.60. The zero-order chi connectivity index (χ0) is 20.1. The van der Waals surface area contributed by atoms with E-state index in [1.165, 1.54) is 24.3 Å². The van der Waals surface area contributed by atoms with E-state index >= 15 is 0 Å². The average Bonchev–Trinajstić information content (AvgIpc) is 2.69. The minimum Gasteiger partial charge on any atom is -0.366 e. The molecule has 2 aromatic carbocycles. The minimum absolute atomic E-state index is 0.140. The number of hydrogen-bond donors (Lipinski definition) is 2. The van der Waals surface area contributed by atoms with Crippen molar-refractivity contribution in [3.05, 3.63) is 65.5 Å². The maximum atomic E-state index is 13.0. The van der Waals surface area contributed by atoms with Gasteiger partial charge in [0.25, 0.3) is 5.91 Å². The molecule has 1 heterocycles. The van der Waals surface area contributed by atoms with Crippen molar-refractivity contribution in [1.29, 1.82) is 0 Å². The maximum absolute atomic E-state index is 13.0. The molecule has 28 heavy (non-hydrogen) atoms. The summed E-state index contributed by atoms with van der Waals surface area (Å²) in [6.07, 6.45) is 0. The van der Waals surface area contributed by atoms with Crippen LogP contribution >= 0.6 is 0 Å². The first kappa shape index (κ1) is 19.5. The van der Waals surface area contributed by atoms with Gasteiger partial charge in [0, 0.05) is 43.0 Å². The lowest BCUT2D eigenvalue weighted by atomic mass is 10.1. The van der Waals surface area contributed by atoms with Crippen molar-refractivity contribution in [2.45, 2.75) is 0 Å². The maximum Gasteiger partial charge on any atom is 0.253 e. The smallest absolute Gasteiger partial charge is 0.253 e. The first-order valence-corrected chi connectivity index (χ1v) is 8.89. The molecule has 3 amide bonds. The van der Waals surface area contributed by atoms with Crippen LogP contribution in [0, 0.1) is 5.82 Å². The fourth-order valence-electron chi connectivity index (χ4n) is 3.01. The summed E-state index contributed by atoms with van der Waals surface area (Å²) in [5.74, 6) is -1.22. The van der Waals surface area contributed by atoms with Gasteiger partial charge in [0.05, 0.1) is 6.54 Å². The first-order valence-electron chi connectivity index (χ1n) is 8.89. The zero-order valence-corrected chi connectivity index (χ0v) is 15.2. The second kappa shape index (κ2) is 8.62. The van der Waals surface area contributed by atoms with Gasteiger partial charge in [0.15, 0.2) is 0 Å². The van der Waals surface area contributed by atoms with Crippen LogP contribution in [0.2, 0.25) is 0 Å². The molecular weight excluding hydrogens is 363 g/mol. The topological polar surface area (TPSA) is 95.7 Å².